The number of benzene rings is 1. The number of carbonyl (C=O) groups is 2. The molecule has 1 amide bonds. The summed E-state index contributed by atoms with van der Waals surface area (Å²) in [6.07, 6.45) is 0. The lowest BCUT2D eigenvalue weighted by Crippen LogP contribution is -2.45. The van der Waals surface area contributed by atoms with E-state index in [0.29, 0.717) is 5.56 Å². The van der Waals surface area contributed by atoms with Crippen molar-refractivity contribution in [2.24, 2.45) is 5.92 Å². The van der Waals surface area contributed by atoms with E-state index in [0.717, 1.165) is 9.87 Å². The molecule has 0 aliphatic rings. The Morgan fingerprint density at radius 1 is 1.17 bits per heavy atom. The number of aryl methyl sites for hydroxylation is 1. The van der Waals surface area contributed by atoms with Crippen LogP contribution in [0.4, 0.5) is 0 Å². The first-order valence-corrected chi connectivity index (χ1v) is 10.5. The average Bonchev–Trinajstić information content (AvgIpc) is 3.13. The Kier molecular flexibility index (Phi) is 7.21. The van der Waals surface area contributed by atoms with Gasteiger partial charge in [0.2, 0.25) is 5.09 Å². The highest BCUT2D eigenvalue weighted by atomic mass is 32.2. The van der Waals surface area contributed by atoms with Gasteiger partial charge in [-0.1, -0.05) is 31.5 Å². The fraction of sp³-hybridized carbons (Fsp3) is 0.400. The van der Waals surface area contributed by atoms with Crippen molar-refractivity contribution in [3.05, 3.63) is 53.3 Å². The summed E-state index contributed by atoms with van der Waals surface area (Å²) < 4.78 is 35.6. The molecule has 1 aromatic carbocycles. The Balaban J connectivity index is 2.03. The highest BCUT2D eigenvalue weighted by molar-refractivity contribution is 7.88. The maximum atomic E-state index is 12.5. The first kappa shape index (κ1) is 22.6. The number of amides is 1. The minimum Gasteiger partial charge on any atom is -0.456 e. The van der Waals surface area contributed by atoms with Gasteiger partial charge in [-0.3, -0.25) is 4.79 Å². The van der Waals surface area contributed by atoms with E-state index < -0.39 is 22.0 Å². The summed E-state index contributed by atoms with van der Waals surface area (Å²) in [5.41, 5.74) is 1.38. The van der Waals surface area contributed by atoms with E-state index in [1.54, 1.807) is 32.0 Å². The zero-order chi connectivity index (χ0) is 21.8. The SMILES string of the molecule is Cc1cccc(C(=O)N[C@H](C(=O)OCc2ccc(S(=O)(=O)N(C)C)o2)C(C)C)c1. The van der Waals surface area contributed by atoms with Gasteiger partial charge in [-0.15, -0.1) is 0 Å². The van der Waals surface area contributed by atoms with Crippen molar-refractivity contribution < 1.29 is 27.2 Å². The number of furan rings is 1. The van der Waals surface area contributed by atoms with Gasteiger partial charge in [0.05, 0.1) is 0 Å². The van der Waals surface area contributed by atoms with Crippen LogP contribution in [-0.4, -0.2) is 44.7 Å². The van der Waals surface area contributed by atoms with Crippen LogP contribution in [0.1, 0.15) is 35.5 Å². The van der Waals surface area contributed by atoms with E-state index in [4.69, 9.17) is 9.15 Å². The number of rotatable bonds is 8. The lowest BCUT2D eigenvalue weighted by Gasteiger charge is -2.20. The minimum absolute atomic E-state index is 0.186. The number of ether oxygens (including phenoxy) is 1. The molecule has 0 aliphatic heterocycles. The van der Waals surface area contributed by atoms with Crippen LogP contribution in [0.3, 0.4) is 0 Å². The van der Waals surface area contributed by atoms with Gasteiger partial charge in [-0.2, -0.15) is 0 Å². The topological polar surface area (TPSA) is 106 Å². The van der Waals surface area contributed by atoms with Gasteiger partial charge in [-0.05, 0) is 37.1 Å². The lowest BCUT2D eigenvalue weighted by atomic mass is 10.0. The van der Waals surface area contributed by atoms with Crippen LogP contribution >= 0.6 is 0 Å². The summed E-state index contributed by atoms with van der Waals surface area (Å²) in [5, 5.41) is 2.46. The van der Waals surface area contributed by atoms with Crippen LogP contribution in [0.25, 0.3) is 0 Å². The monoisotopic (exact) mass is 422 g/mol. The van der Waals surface area contributed by atoms with Gasteiger partial charge in [0.25, 0.3) is 15.9 Å². The summed E-state index contributed by atoms with van der Waals surface area (Å²) >= 11 is 0. The summed E-state index contributed by atoms with van der Waals surface area (Å²) in [5.74, 6) is -1.03. The third kappa shape index (κ3) is 5.68. The second kappa shape index (κ2) is 9.23. The van der Waals surface area contributed by atoms with Gasteiger partial charge >= 0.3 is 5.97 Å². The molecule has 0 aliphatic carbocycles. The number of esters is 1. The number of nitrogens with one attached hydrogen (secondary N) is 1. The third-order valence-corrected chi connectivity index (χ3v) is 5.91. The Morgan fingerprint density at radius 3 is 2.45 bits per heavy atom. The van der Waals surface area contributed by atoms with Crippen LogP contribution in [-0.2, 0) is 26.2 Å². The molecule has 1 heterocycles. The molecular formula is C20H26N2O6S. The first-order chi connectivity index (χ1) is 13.5. The highest BCUT2D eigenvalue weighted by Crippen LogP contribution is 2.18. The van der Waals surface area contributed by atoms with Crippen LogP contribution in [0, 0.1) is 12.8 Å². The lowest BCUT2D eigenvalue weighted by molar-refractivity contribution is -0.149. The zero-order valence-corrected chi connectivity index (χ0v) is 17.9. The number of nitrogens with zero attached hydrogens (tertiary/aromatic N) is 1. The molecule has 2 aromatic rings. The van der Waals surface area contributed by atoms with Crippen LogP contribution in [0.2, 0.25) is 0 Å². The first-order valence-electron chi connectivity index (χ1n) is 9.07. The summed E-state index contributed by atoms with van der Waals surface area (Å²) in [6.45, 7) is 5.21. The normalized spacial score (nSPS) is 12.8. The average molecular weight is 423 g/mol. The number of hydrogen-bond donors (Lipinski definition) is 1. The predicted octanol–water partition coefficient (Wildman–Crippen LogP) is 2.34. The largest absolute Gasteiger partial charge is 0.456 e. The standard InChI is InChI=1S/C20H26N2O6S/c1-13(2)18(21-19(23)15-8-6-7-14(3)11-15)20(24)27-12-16-9-10-17(28-16)29(25,26)22(4)5/h6-11,13,18H,12H2,1-5H3,(H,21,23)/t18-/m0/s1. The smallest absolute Gasteiger partial charge is 0.329 e. The molecule has 1 N–H and O–H groups in total. The fourth-order valence-electron chi connectivity index (χ4n) is 2.50. The van der Waals surface area contributed by atoms with Crippen molar-refractivity contribution >= 4 is 21.9 Å². The van der Waals surface area contributed by atoms with Gasteiger partial charge in [0.15, 0.2) is 0 Å². The van der Waals surface area contributed by atoms with E-state index in [9.17, 15) is 18.0 Å². The minimum atomic E-state index is -3.71. The second-order valence-electron chi connectivity index (χ2n) is 7.18. The number of sulfonamides is 1. The highest BCUT2D eigenvalue weighted by Gasteiger charge is 2.27. The quantitative estimate of drug-likeness (QED) is 0.655. The van der Waals surface area contributed by atoms with Crippen molar-refractivity contribution in [3.63, 3.8) is 0 Å². The van der Waals surface area contributed by atoms with Crippen LogP contribution < -0.4 is 5.32 Å². The van der Waals surface area contributed by atoms with E-state index in [2.05, 4.69) is 5.32 Å². The molecule has 0 fully saturated rings. The van der Waals surface area contributed by atoms with Crippen molar-refractivity contribution in [2.75, 3.05) is 14.1 Å². The molecule has 158 valence electrons. The Hall–Kier alpha value is -2.65. The predicted molar refractivity (Wildman–Crippen MR) is 107 cm³/mol. The van der Waals surface area contributed by atoms with E-state index in [1.807, 2.05) is 13.0 Å². The van der Waals surface area contributed by atoms with Crippen molar-refractivity contribution in [2.45, 2.75) is 38.5 Å². The summed E-state index contributed by atoms with van der Waals surface area (Å²) in [6, 6.07) is 8.91. The molecule has 2 rings (SSSR count). The molecule has 9 heteroatoms. The van der Waals surface area contributed by atoms with Crippen LogP contribution in [0.5, 0.6) is 0 Å². The maximum Gasteiger partial charge on any atom is 0.329 e. The Morgan fingerprint density at radius 2 is 1.86 bits per heavy atom. The van der Waals surface area contributed by atoms with Gasteiger partial charge < -0.3 is 14.5 Å². The van der Waals surface area contributed by atoms with Crippen molar-refractivity contribution in [1.29, 1.82) is 0 Å². The molecular weight excluding hydrogens is 396 g/mol. The fourth-order valence-corrected chi connectivity index (χ4v) is 3.31. The molecule has 1 atom stereocenters. The van der Waals surface area contributed by atoms with E-state index >= 15 is 0 Å². The summed E-state index contributed by atoms with van der Waals surface area (Å²) in [7, 11) is -0.924. The van der Waals surface area contributed by atoms with Crippen LogP contribution in [0.15, 0.2) is 45.9 Å². The second-order valence-corrected chi connectivity index (χ2v) is 9.26. The molecule has 8 nitrogen and oxygen atoms in total. The van der Waals surface area contributed by atoms with Gasteiger partial charge in [-0.25, -0.2) is 17.5 Å². The number of carbonyl (C=O) groups excluding carboxylic acids is 2. The number of hydrogen-bond acceptors (Lipinski definition) is 6. The molecule has 1 aromatic heterocycles. The molecule has 29 heavy (non-hydrogen) atoms. The maximum absolute atomic E-state index is 12.5. The van der Waals surface area contributed by atoms with E-state index in [-0.39, 0.29) is 29.3 Å². The van der Waals surface area contributed by atoms with Gasteiger partial charge in [0, 0.05) is 19.7 Å². The Bertz CT molecular complexity index is 978. The molecule has 0 saturated heterocycles. The molecule has 0 spiro atoms. The van der Waals surface area contributed by atoms with E-state index in [1.165, 1.54) is 26.2 Å². The molecule has 0 saturated carbocycles. The third-order valence-electron chi connectivity index (χ3n) is 4.22. The molecule has 0 bridgehead atoms. The van der Waals surface area contributed by atoms with Crippen molar-refractivity contribution in [1.82, 2.24) is 9.62 Å². The molecule has 0 unspecified atom stereocenters. The van der Waals surface area contributed by atoms with Gasteiger partial charge in [0.1, 0.15) is 18.4 Å². The molecule has 0 radical (unpaired) electrons. The summed E-state index contributed by atoms with van der Waals surface area (Å²) in [4.78, 5) is 25.0. The zero-order valence-electron chi connectivity index (χ0n) is 17.1. The Labute approximate surface area is 170 Å². The van der Waals surface area contributed by atoms with Crippen molar-refractivity contribution in [3.8, 4) is 0 Å².